The summed E-state index contributed by atoms with van der Waals surface area (Å²) in [6.07, 6.45) is 2.42. The van der Waals surface area contributed by atoms with Crippen LogP contribution >= 0.6 is 0 Å². The Morgan fingerprint density at radius 3 is 0.608 bits per heavy atom. The van der Waals surface area contributed by atoms with Gasteiger partial charge in [-0.3, -0.25) is 86.3 Å². The van der Waals surface area contributed by atoms with Crippen LogP contribution < -0.4 is 91.3 Å². The van der Waals surface area contributed by atoms with Gasteiger partial charge in [0.1, 0.15) is 72.5 Å². The predicted octanol–water partition coefficient (Wildman–Crippen LogP) is -8.83. The summed E-state index contributed by atoms with van der Waals surface area (Å²) < 4.78 is 0. The van der Waals surface area contributed by atoms with Gasteiger partial charge >= 0.3 is 107 Å². The number of aliphatic hydroxyl groups is 3. The van der Waals surface area contributed by atoms with Crippen LogP contribution in [0, 0.1) is 23.7 Å². The zero-order valence-corrected chi connectivity index (χ0v) is 68.7. The Kier molecular flexibility index (Phi) is 107. The van der Waals surface area contributed by atoms with Gasteiger partial charge in [-0.15, -0.1) is 0 Å². The quantitative estimate of drug-likeness (QED) is 0.0257. The van der Waals surface area contributed by atoms with Gasteiger partial charge in [-0.25, -0.2) is 0 Å². The van der Waals surface area contributed by atoms with Gasteiger partial charge in [-0.05, 0) is 108 Å². The van der Waals surface area contributed by atoms with E-state index in [0.29, 0.717) is 37.6 Å². The lowest BCUT2D eigenvalue weighted by molar-refractivity contribution is -0.141. The second-order valence-corrected chi connectivity index (χ2v) is 25.3. The molecule has 0 aliphatic carbocycles. The number of carboxylic acids is 18. The van der Waals surface area contributed by atoms with E-state index in [9.17, 15) is 86.3 Å². The van der Waals surface area contributed by atoms with E-state index in [-0.39, 0.29) is 76.0 Å². The van der Waals surface area contributed by atoms with Gasteiger partial charge in [-0.1, -0.05) is 61.8 Å². The molecule has 0 amide bonds. The second kappa shape index (κ2) is 91.0. The van der Waals surface area contributed by atoms with Gasteiger partial charge in [0.25, 0.3) is 0 Å². The summed E-state index contributed by atoms with van der Waals surface area (Å²) in [5.41, 5.74) is 74.5. The summed E-state index contributed by atoms with van der Waals surface area (Å²) in [4.78, 5) is 177. The molecule has 55 nitrogen and oxygen atoms in total. The van der Waals surface area contributed by atoms with Crippen molar-refractivity contribution in [2.24, 2.45) is 110 Å². The summed E-state index contributed by atoms with van der Waals surface area (Å²) >= 11 is 0. The van der Waals surface area contributed by atoms with E-state index < -0.39 is 193 Å². The van der Waals surface area contributed by atoms with Gasteiger partial charge < -0.3 is 199 Å². The van der Waals surface area contributed by atoms with Gasteiger partial charge in [0, 0.05) is 19.3 Å². The molecular weight excluding hydrogens is 1630 g/mol. The van der Waals surface area contributed by atoms with E-state index in [1.165, 1.54) is 13.8 Å². The molecule has 0 spiro atoms. The average molecular weight is 1770 g/mol. The number of nitrogens with two attached hydrogens (primary N) is 15. The molecule has 0 radical (unpaired) electrons. The van der Waals surface area contributed by atoms with Crippen molar-refractivity contribution in [3.63, 3.8) is 0 Å². The van der Waals surface area contributed by atoms with E-state index in [1.807, 2.05) is 27.7 Å². The van der Waals surface area contributed by atoms with Crippen LogP contribution in [0.5, 0.6) is 0 Å². The molecule has 712 valence electrons. The summed E-state index contributed by atoms with van der Waals surface area (Å²) in [5.74, 6) is -17.6. The molecule has 1 heterocycles. The molecule has 0 saturated carbocycles. The Morgan fingerprint density at radius 1 is 0.308 bits per heavy atom. The van der Waals surface area contributed by atoms with Crippen LogP contribution in [-0.4, -0.2) is 339 Å². The molecule has 0 aromatic carbocycles. The number of aliphatic carboxylic acids is 18. The normalized spacial score (nSPS) is 14.1. The van der Waals surface area contributed by atoms with Crippen LogP contribution in [0.1, 0.15) is 153 Å². The first-order valence-electron chi connectivity index (χ1n) is 35.2. The minimum absolute atomic E-state index is 0.0208. The highest BCUT2D eigenvalue weighted by atomic mass is 16.4. The van der Waals surface area contributed by atoms with E-state index in [2.05, 4.69) is 22.5 Å². The van der Waals surface area contributed by atoms with Gasteiger partial charge in [-0.2, -0.15) is 0 Å². The number of rotatable bonds is 37. The summed E-state index contributed by atoms with van der Waals surface area (Å²) in [6, 6.07) is -10.4. The first-order valence-corrected chi connectivity index (χ1v) is 35.2. The highest BCUT2D eigenvalue weighted by Gasteiger charge is 2.22. The molecule has 1 fully saturated rings. The van der Waals surface area contributed by atoms with Crippen molar-refractivity contribution in [1.29, 1.82) is 0 Å². The first-order chi connectivity index (χ1) is 54.4. The third-order valence-corrected chi connectivity index (χ3v) is 12.3. The monoisotopic (exact) mass is 1770 g/mol. The number of hydrogen-bond donors (Lipinski definition) is 37. The van der Waals surface area contributed by atoms with Crippen molar-refractivity contribution in [1.82, 2.24) is 5.32 Å². The van der Waals surface area contributed by atoms with Crippen molar-refractivity contribution < 1.29 is 194 Å². The minimum Gasteiger partial charge on any atom is -0.481 e. The molecule has 1 aliphatic rings. The van der Waals surface area contributed by atoms with Crippen molar-refractivity contribution >= 4 is 107 Å². The highest BCUT2D eigenvalue weighted by Crippen LogP contribution is 2.05. The SMILES string of the molecule is CC(C)C[C@H](N)C(=O)O.CC(C)C[C@H](N)C(=O)O.CC(C)[C@H](N)C(=O)O.CC(C)[C@H](N)C(=O)O.C[C@@H](O)[C@H](N)C(=O)O.C[C@@H](O)[C@H](N)C(=O)O.NCC(=O)O.NCC(=O)O.NCC(=O)O.NCCCC[C@H](N)C(=O)O.N[C@@H](CCC(=O)O)C(=O)O.N[C@@H](CCC(=O)O)C(=O)O.N[C@@H](CCC(=O)O)C(=O)O.N[C@@H](CO)C(=O)O.O=C(O)[C@@H]1CCCN1. The Bertz CT molecular complexity index is 2550. The number of hydrogen-bond acceptors (Lipinski definition) is 37. The first kappa shape index (κ1) is 142. The molecule has 0 aromatic rings. The van der Waals surface area contributed by atoms with Crippen molar-refractivity contribution in [2.45, 2.75) is 237 Å². The smallest absolute Gasteiger partial charge is 0.323 e. The number of unbranched alkanes of at least 4 members (excludes halogenated alkanes) is 1. The molecule has 0 unspecified atom stereocenters. The zero-order valence-electron chi connectivity index (χ0n) is 68.7. The molecule has 1 rings (SSSR count). The maximum Gasteiger partial charge on any atom is 0.323 e. The third-order valence-electron chi connectivity index (χ3n) is 12.3. The lowest BCUT2D eigenvalue weighted by Gasteiger charge is -2.07. The number of carbonyl (C=O) groups is 18. The maximum atomic E-state index is 10.1. The Hall–Kier alpha value is -10.3. The Morgan fingerprint density at radius 2 is 0.525 bits per heavy atom. The summed E-state index contributed by atoms with van der Waals surface area (Å²) in [7, 11) is 0. The third kappa shape index (κ3) is 131. The Labute approximate surface area is 690 Å². The molecule has 0 bridgehead atoms. The molecular formula is C65H138N16O39. The molecule has 1 aliphatic heterocycles. The number of nitrogens with one attached hydrogen (secondary N) is 1. The fraction of sp³-hybridized carbons (Fsp3) is 0.723. The van der Waals surface area contributed by atoms with Crippen LogP contribution in [0.4, 0.5) is 0 Å². The largest absolute Gasteiger partial charge is 0.481 e. The molecule has 0 aromatic heterocycles. The fourth-order valence-corrected chi connectivity index (χ4v) is 5.01. The zero-order chi connectivity index (χ0) is 98.9. The average Bonchev–Trinajstić information content (AvgIpc) is 1.78. The summed E-state index contributed by atoms with van der Waals surface area (Å²) in [6.45, 7) is 17.7. The maximum absolute atomic E-state index is 10.1. The van der Waals surface area contributed by atoms with Gasteiger partial charge in [0.2, 0.25) is 0 Å². The highest BCUT2D eigenvalue weighted by molar-refractivity contribution is 5.78. The van der Waals surface area contributed by atoms with Crippen molar-refractivity contribution in [3.05, 3.63) is 0 Å². The summed E-state index contributed by atoms with van der Waals surface area (Å²) in [5, 5.41) is 173. The topological polar surface area (TPSA) is 1130 Å². The molecule has 1 saturated heterocycles. The number of carboxylic acid groups (broad SMARTS) is 18. The van der Waals surface area contributed by atoms with Gasteiger partial charge in [0.05, 0.1) is 38.4 Å². The molecule has 120 heavy (non-hydrogen) atoms. The second-order valence-electron chi connectivity index (χ2n) is 25.3. The van der Waals surface area contributed by atoms with Crippen molar-refractivity contribution in [2.75, 3.05) is 39.3 Å². The van der Waals surface area contributed by atoms with Crippen LogP contribution in [0.2, 0.25) is 0 Å². The van der Waals surface area contributed by atoms with Gasteiger partial charge in [0.15, 0.2) is 0 Å². The lowest BCUT2D eigenvalue weighted by Crippen LogP contribution is -2.39. The predicted molar refractivity (Wildman–Crippen MR) is 423 cm³/mol. The van der Waals surface area contributed by atoms with Crippen LogP contribution in [0.15, 0.2) is 0 Å². The van der Waals surface area contributed by atoms with Crippen LogP contribution in [0.3, 0.4) is 0 Å². The molecule has 52 N–H and O–H groups in total. The lowest BCUT2D eigenvalue weighted by atomic mass is 10.1. The minimum atomic E-state index is -1.18. The Balaban J connectivity index is -0.0000000839. The van der Waals surface area contributed by atoms with E-state index >= 15 is 0 Å². The van der Waals surface area contributed by atoms with Crippen LogP contribution in [-0.2, 0) is 86.3 Å². The number of aliphatic hydroxyl groups excluding tert-OH is 3. The van der Waals surface area contributed by atoms with E-state index in [4.69, 9.17) is 176 Å². The fourth-order valence-electron chi connectivity index (χ4n) is 5.01. The van der Waals surface area contributed by atoms with Crippen molar-refractivity contribution in [3.8, 4) is 0 Å². The van der Waals surface area contributed by atoms with Crippen LogP contribution in [0.25, 0.3) is 0 Å². The van der Waals surface area contributed by atoms with E-state index in [1.54, 1.807) is 27.7 Å². The van der Waals surface area contributed by atoms with E-state index in [0.717, 1.165) is 32.2 Å². The standard InChI is InChI=1S/C6H14N2O2.2C6H13NO2.3C5H9NO4.C5H9NO2.2C5H11NO2.2C4H9NO3.C3H7NO3.3C2H5NO2/c7-4-2-1-3-5(8)6(9)10;2*1-4(2)3-5(7)6(8)9;3*6-3(5(9)10)1-2-4(7)8;7-5(8)4-2-1-3-6-4;2*1-3(2)4(6)5(7)8;2*1-2(6)3(5)4(7)8;4-2(1-5)3(6)7;3*3-1-2(4)5/h5H,1-4,7-8H2,(H,9,10);2*4-5H,3,7H2,1-2H3,(H,8,9);3*3H,1-2,6H2,(H,7,8)(H,9,10);4,6H,1-3H2,(H,7,8);2*3-4H,6H2,1-2H3,(H,7,8);2*2-3,6H,5H2,1H3,(H,7,8);2,5H,1,4H2,(H,6,7);3*1,3H2,(H,4,5)/t3*5-;3*3-;3*4-;2*2-,3+;2-;;;/m000000000110.../s1. The molecule has 14 atom stereocenters. The molecule has 55 heteroatoms.